The van der Waals surface area contributed by atoms with Gasteiger partial charge in [-0.15, -0.1) is 0 Å². The van der Waals surface area contributed by atoms with E-state index in [2.05, 4.69) is 5.32 Å². The fourth-order valence-electron chi connectivity index (χ4n) is 3.00. The summed E-state index contributed by atoms with van der Waals surface area (Å²) in [5.74, 6) is -7.55. The van der Waals surface area contributed by atoms with Crippen LogP contribution in [-0.2, 0) is 17.0 Å². The van der Waals surface area contributed by atoms with Gasteiger partial charge in [-0.25, -0.2) is 4.39 Å². The zero-order valence-corrected chi connectivity index (χ0v) is 16.5. The summed E-state index contributed by atoms with van der Waals surface area (Å²) in [6, 6.07) is 7.79. The van der Waals surface area contributed by atoms with Crippen molar-refractivity contribution >= 4 is 11.6 Å². The minimum atomic E-state index is -6.84. The molecule has 1 unspecified atom stereocenters. The summed E-state index contributed by atoms with van der Waals surface area (Å²) in [6.45, 7) is 0.399. The Morgan fingerprint density at radius 1 is 0.906 bits per heavy atom. The lowest BCUT2D eigenvalue weighted by molar-refractivity contribution is -0.389. The molecule has 0 radical (unpaired) electrons. The highest BCUT2D eigenvalue weighted by Crippen LogP contribution is 2.58. The summed E-state index contributed by atoms with van der Waals surface area (Å²) >= 11 is 0. The summed E-state index contributed by atoms with van der Waals surface area (Å²) < 4.78 is 126. The van der Waals surface area contributed by atoms with Crippen LogP contribution in [-0.4, -0.2) is 31.3 Å². The lowest BCUT2D eigenvalue weighted by Gasteiger charge is -2.36. The number of halogens is 9. The smallest absolute Gasteiger partial charge is 0.380 e. The van der Waals surface area contributed by atoms with Crippen LogP contribution in [0.25, 0.3) is 0 Å². The van der Waals surface area contributed by atoms with Gasteiger partial charge >= 0.3 is 23.9 Å². The number of carbonyl (C=O) groups is 1. The molecule has 0 aromatic heterocycles. The second kappa shape index (κ2) is 8.64. The van der Waals surface area contributed by atoms with E-state index >= 15 is 0 Å². The number of rotatable bonds is 6. The Hall–Kier alpha value is -2.76. The van der Waals surface area contributed by atoms with Gasteiger partial charge in [0.05, 0.1) is 6.61 Å². The third-order valence-electron chi connectivity index (χ3n) is 4.57. The number of aryl methyl sites for hydroxylation is 1. The molecule has 0 fully saturated rings. The van der Waals surface area contributed by atoms with Crippen LogP contribution < -0.4 is 5.32 Å². The topological polar surface area (TPSA) is 38.3 Å². The van der Waals surface area contributed by atoms with Gasteiger partial charge in [-0.2, -0.15) is 35.1 Å². The van der Waals surface area contributed by atoms with Gasteiger partial charge in [0.1, 0.15) is 0 Å². The molecule has 0 aliphatic heterocycles. The van der Waals surface area contributed by atoms with Crippen LogP contribution in [0.4, 0.5) is 45.2 Å². The lowest BCUT2D eigenvalue weighted by atomic mass is 9.85. The number of hydrogen-bond donors (Lipinski definition) is 1. The fraction of sp³-hybridized carbons (Fsp3) is 0.350. The molecule has 0 saturated carbocycles. The Labute approximate surface area is 176 Å². The summed E-state index contributed by atoms with van der Waals surface area (Å²) in [7, 11) is 1.06. The monoisotopic (exact) mass is 473 g/mol. The molecule has 0 spiro atoms. The van der Waals surface area contributed by atoms with Gasteiger partial charge in [0, 0.05) is 29.5 Å². The van der Waals surface area contributed by atoms with Crippen LogP contribution in [0.3, 0.4) is 0 Å². The van der Waals surface area contributed by atoms with E-state index in [1.165, 1.54) is 24.3 Å². The highest BCUT2D eigenvalue weighted by Gasteiger charge is 2.81. The molecule has 0 aliphatic rings. The fourth-order valence-corrected chi connectivity index (χ4v) is 3.00. The van der Waals surface area contributed by atoms with Crippen molar-refractivity contribution in [2.45, 2.75) is 37.5 Å². The number of carbonyl (C=O) groups excluding carboxylic acids is 1. The molecule has 1 N–H and O–H groups in total. The second-order valence-corrected chi connectivity index (χ2v) is 6.81. The first-order chi connectivity index (χ1) is 14.6. The van der Waals surface area contributed by atoms with E-state index < -0.39 is 47.6 Å². The molecule has 0 aliphatic carbocycles. The maximum absolute atomic E-state index is 14.8. The second-order valence-electron chi connectivity index (χ2n) is 6.81. The third-order valence-corrected chi connectivity index (χ3v) is 4.57. The van der Waals surface area contributed by atoms with Crippen molar-refractivity contribution in [3.05, 3.63) is 64.7 Å². The maximum atomic E-state index is 14.8. The number of amides is 1. The average molecular weight is 473 g/mol. The molecule has 12 heteroatoms. The zero-order chi connectivity index (χ0) is 24.5. The van der Waals surface area contributed by atoms with Crippen molar-refractivity contribution in [2.75, 3.05) is 12.4 Å². The number of hydrogen-bond acceptors (Lipinski definition) is 2. The van der Waals surface area contributed by atoms with Gasteiger partial charge in [-0.1, -0.05) is 24.3 Å². The van der Waals surface area contributed by atoms with Crippen LogP contribution in [0, 0.1) is 6.92 Å². The molecule has 2 aromatic carbocycles. The molecular formula is C20H16F9NO2. The van der Waals surface area contributed by atoms with E-state index in [-0.39, 0.29) is 28.9 Å². The summed E-state index contributed by atoms with van der Waals surface area (Å²) in [4.78, 5) is 12.4. The number of nitrogens with one attached hydrogen (secondary N) is 1. The highest BCUT2D eigenvalue weighted by molar-refractivity contribution is 6.05. The molecule has 0 saturated heterocycles. The molecule has 0 heterocycles. The zero-order valence-electron chi connectivity index (χ0n) is 16.5. The Balaban J connectivity index is 2.68. The standard InChI is InChI=1S/C20H16F9NO2/c1-11-8-14(17(21,19(24,25)26)18(22,23)20(27,28)29)9-13(10-32-2)15(11)30-16(31)12-6-4-3-5-7-12/h3-9H,10H2,1-2H3,(H,30,31). The first-order valence-electron chi connectivity index (χ1n) is 8.77. The van der Waals surface area contributed by atoms with Gasteiger partial charge in [0.15, 0.2) is 0 Å². The molecule has 3 nitrogen and oxygen atoms in total. The molecule has 2 rings (SSSR count). The average Bonchev–Trinajstić information content (AvgIpc) is 2.68. The summed E-state index contributed by atoms with van der Waals surface area (Å²) in [5.41, 5.74) is -8.98. The van der Waals surface area contributed by atoms with E-state index in [0.717, 1.165) is 14.0 Å². The normalized spacial score (nSPS) is 14.7. The predicted octanol–water partition coefficient (Wildman–Crippen LogP) is 6.32. The number of anilines is 1. The van der Waals surface area contributed by atoms with E-state index in [9.17, 15) is 44.3 Å². The largest absolute Gasteiger partial charge is 0.457 e. The molecular weight excluding hydrogens is 457 g/mol. The molecule has 1 atom stereocenters. The quantitative estimate of drug-likeness (QED) is 0.499. The van der Waals surface area contributed by atoms with E-state index in [0.29, 0.717) is 0 Å². The van der Waals surface area contributed by atoms with Crippen molar-refractivity contribution in [3.8, 4) is 0 Å². The maximum Gasteiger partial charge on any atom is 0.457 e. The van der Waals surface area contributed by atoms with Gasteiger partial charge < -0.3 is 10.1 Å². The Morgan fingerprint density at radius 3 is 1.94 bits per heavy atom. The molecule has 32 heavy (non-hydrogen) atoms. The first-order valence-corrected chi connectivity index (χ1v) is 8.77. The predicted molar refractivity (Wildman–Crippen MR) is 96.1 cm³/mol. The Morgan fingerprint density at radius 2 is 1.47 bits per heavy atom. The number of methoxy groups -OCH3 is 1. The summed E-state index contributed by atoms with van der Waals surface area (Å²) in [6.07, 6.45) is -13.5. The molecule has 0 bridgehead atoms. The minimum absolute atomic E-state index is 0.123. The van der Waals surface area contributed by atoms with Crippen LogP contribution in [0.2, 0.25) is 0 Å². The van der Waals surface area contributed by atoms with Gasteiger partial charge in [0.25, 0.3) is 5.91 Å². The van der Waals surface area contributed by atoms with E-state index in [1.807, 2.05) is 0 Å². The van der Waals surface area contributed by atoms with Crippen LogP contribution >= 0.6 is 0 Å². The van der Waals surface area contributed by atoms with Gasteiger partial charge in [-0.05, 0) is 30.7 Å². The van der Waals surface area contributed by atoms with Crippen molar-refractivity contribution in [3.63, 3.8) is 0 Å². The lowest BCUT2D eigenvalue weighted by Crippen LogP contribution is -2.59. The van der Waals surface area contributed by atoms with Crippen LogP contribution in [0.1, 0.15) is 27.0 Å². The SMILES string of the molecule is COCc1cc(C(F)(C(F)(F)F)C(F)(F)C(F)(F)F)cc(C)c1NC(=O)c1ccccc1. The minimum Gasteiger partial charge on any atom is -0.380 e. The number of benzene rings is 2. The van der Waals surface area contributed by atoms with Crippen molar-refractivity contribution in [1.29, 1.82) is 0 Å². The van der Waals surface area contributed by atoms with Crippen molar-refractivity contribution < 1.29 is 49.0 Å². The molecule has 2 aromatic rings. The highest BCUT2D eigenvalue weighted by atomic mass is 19.4. The first kappa shape index (κ1) is 25.5. The van der Waals surface area contributed by atoms with E-state index in [4.69, 9.17) is 4.74 Å². The van der Waals surface area contributed by atoms with Gasteiger partial charge in [0.2, 0.25) is 0 Å². The Bertz CT molecular complexity index is 972. The van der Waals surface area contributed by atoms with E-state index in [1.54, 1.807) is 6.07 Å². The third kappa shape index (κ3) is 4.41. The summed E-state index contributed by atoms with van der Waals surface area (Å²) in [5, 5.41) is 2.33. The molecule has 176 valence electrons. The van der Waals surface area contributed by atoms with Gasteiger partial charge in [-0.3, -0.25) is 4.79 Å². The van der Waals surface area contributed by atoms with Crippen LogP contribution in [0.5, 0.6) is 0 Å². The van der Waals surface area contributed by atoms with Crippen LogP contribution in [0.15, 0.2) is 42.5 Å². The molecule has 1 amide bonds. The number of alkyl halides is 9. The number of ether oxygens (including phenoxy) is 1. The van der Waals surface area contributed by atoms with Crippen molar-refractivity contribution in [1.82, 2.24) is 0 Å². The Kier molecular flexibility index (Phi) is 6.89. The van der Waals surface area contributed by atoms with Crippen molar-refractivity contribution in [2.24, 2.45) is 0 Å².